The van der Waals surface area contributed by atoms with Gasteiger partial charge in [0, 0.05) is 5.41 Å². The first-order valence-corrected chi connectivity index (χ1v) is 5.11. The van der Waals surface area contributed by atoms with Crippen LogP contribution in [0.3, 0.4) is 0 Å². The summed E-state index contributed by atoms with van der Waals surface area (Å²) in [7, 11) is 0. The van der Waals surface area contributed by atoms with Gasteiger partial charge in [-0.2, -0.15) is 0 Å². The Morgan fingerprint density at radius 2 is 1.40 bits per heavy atom. The minimum atomic E-state index is -1.11. The summed E-state index contributed by atoms with van der Waals surface area (Å²) in [6.07, 6.45) is 0.646. The molecule has 0 radical (unpaired) electrons. The van der Waals surface area contributed by atoms with Crippen LogP contribution in [-0.2, 0) is 19.2 Å². The van der Waals surface area contributed by atoms with Crippen molar-refractivity contribution in [2.24, 2.45) is 23.2 Å². The molecule has 0 amide bonds. The number of carbonyl (C=O) groups excluding carboxylic acids is 4. The Morgan fingerprint density at radius 3 is 1.87 bits per heavy atom. The molecule has 4 nitrogen and oxygen atoms in total. The van der Waals surface area contributed by atoms with Crippen molar-refractivity contribution in [3.63, 3.8) is 0 Å². The lowest BCUT2D eigenvalue weighted by Gasteiger charge is -2.50. The summed E-state index contributed by atoms with van der Waals surface area (Å²) >= 11 is 0. The minimum Gasteiger partial charge on any atom is -0.298 e. The van der Waals surface area contributed by atoms with Crippen molar-refractivity contribution in [3.8, 4) is 0 Å². The first-order valence-electron chi connectivity index (χ1n) is 5.11. The molecule has 2 unspecified atom stereocenters. The fourth-order valence-electron chi connectivity index (χ4n) is 3.26. The topological polar surface area (TPSA) is 68.3 Å². The third-order valence-corrected chi connectivity index (χ3v) is 4.11. The predicted octanol–water partition coefficient (Wildman–Crippen LogP) is -0.0613. The summed E-state index contributed by atoms with van der Waals surface area (Å²) < 4.78 is 0. The smallest absolute Gasteiger partial charge is 0.161 e. The third kappa shape index (κ3) is 0.794. The van der Waals surface area contributed by atoms with Crippen LogP contribution in [0.1, 0.15) is 19.8 Å². The second-order valence-electron chi connectivity index (χ2n) is 5.08. The summed E-state index contributed by atoms with van der Waals surface area (Å²) in [6.45, 7) is 1.77. The maximum atomic E-state index is 11.9. The second-order valence-corrected chi connectivity index (χ2v) is 5.08. The monoisotopic (exact) mass is 206 g/mol. The molecule has 15 heavy (non-hydrogen) atoms. The zero-order valence-corrected chi connectivity index (χ0v) is 8.28. The van der Waals surface area contributed by atoms with E-state index in [1.807, 2.05) is 0 Å². The fourth-order valence-corrected chi connectivity index (χ4v) is 3.26. The van der Waals surface area contributed by atoms with Crippen LogP contribution < -0.4 is 0 Å². The van der Waals surface area contributed by atoms with Gasteiger partial charge >= 0.3 is 0 Å². The van der Waals surface area contributed by atoms with E-state index in [2.05, 4.69) is 0 Å². The number of hydrogen-bond donors (Lipinski definition) is 0. The second kappa shape index (κ2) is 2.26. The zero-order chi connectivity index (χ0) is 11.0. The van der Waals surface area contributed by atoms with E-state index in [9.17, 15) is 19.2 Å². The van der Waals surface area contributed by atoms with Crippen molar-refractivity contribution < 1.29 is 19.2 Å². The maximum absolute atomic E-state index is 11.9. The van der Waals surface area contributed by atoms with Gasteiger partial charge in [-0.15, -0.1) is 0 Å². The van der Waals surface area contributed by atoms with Crippen LogP contribution in [0.15, 0.2) is 0 Å². The summed E-state index contributed by atoms with van der Waals surface area (Å²) in [6, 6.07) is 0. The average Bonchev–Trinajstić information content (AvgIpc) is 2.17. The van der Waals surface area contributed by atoms with Crippen molar-refractivity contribution in [3.05, 3.63) is 0 Å². The van der Waals surface area contributed by atoms with Gasteiger partial charge in [-0.1, -0.05) is 6.92 Å². The highest BCUT2D eigenvalue weighted by atomic mass is 16.2. The minimum absolute atomic E-state index is 0.244. The summed E-state index contributed by atoms with van der Waals surface area (Å²) in [5.74, 6) is -3.83. The first kappa shape index (κ1) is 8.95. The van der Waals surface area contributed by atoms with E-state index in [1.54, 1.807) is 6.92 Å². The van der Waals surface area contributed by atoms with Gasteiger partial charge in [-0.25, -0.2) is 0 Å². The van der Waals surface area contributed by atoms with E-state index in [-0.39, 0.29) is 11.6 Å². The van der Waals surface area contributed by atoms with Crippen molar-refractivity contribution in [2.45, 2.75) is 19.8 Å². The summed E-state index contributed by atoms with van der Waals surface area (Å²) in [4.78, 5) is 46.9. The van der Waals surface area contributed by atoms with Crippen LogP contribution >= 0.6 is 0 Å². The summed E-state index contributed by atoms with van der Waals surface area (Å²) in [5.41, 5.74) is -0.601. The highest BCUT2D eigenvalue weighted by Crippen LogP contribution is 2.53. The van der Waals surface area contributed by atoms with Crippen LogP contribution in [-0.4, -0.2) is 23.1 Å². The fraction of sp³-hybridized carbons (Fsp3) is 0.636. The third-order valence-electron chi connectivity index (χ3n) is 4.11. The Morgan fingerprint density at radius 1 is 0.933 bits per heavy atom. The molecule has 0 saturated heterocycles. The van der Waals surface area contributed by atoms with Crippen LogP contribution in [0.2, 0.25) is 0 Å². The van der Waals surface area contributed by atoms with Gasteiger partial charge in [-0.05, 0) is 12.8 Å². The molecule has 2 atom stereocenters. The van der Waals surface area contributed by atoms with Crippen LogP contribution in [0.25, 0.3) is 0 Å². The normalized spacial score (nSPS) is 47.9. The van der Waals surface area contributed by atoms with Gasteiger partial charge in [0.05, 0.1) is 11.8 Å². The Bertz CT molecular complexity index is 406. The Balaban J connectivity index is 2.20. The van der Waals surface area contributed by atoms with E-state index < -0.39 is 34.7 Å². The van der Waals surface area contributed by atoms with Crippen LogP contribution in [0, 0.1) is 23.2 Å². The van der Waals surface area contributed by atoms with Gasteiger partial charge in [0.25, 0.3) is 0 Å². The Hall–Kier alpha value is -1.32. The molecule has 4 aliphatic carbocycles. The van der Waals surface area contributed by atoms with Gasteiger partial charge < -0.3 is 0 Å². The SMILES string of the molecule is CC12CC3C(=O)C(C1)C(=O)C(C3=O)C2=O. The molecule has 0 aromatic rings. The molecule has 0 spiro atoms. The number of Topliss-reactive ketones (excluding diaryl/α,β-unsaturated/α-hetero) is 4. The van der Waals surface area contributed by atoms with Crippen molar-refractivity contribution >= 4 is 23.1 Å². The number of rotatable bonds is 0. The Labute approximate surface area is 86.0 Å². The lowest BCUT2D eigenvalue weighted by atomic mass is 9.48. The molecule has 4 aliphatic rings. The van der Waals surface area contributed by atoms with Crippen molar-refractivity contribution in [1.82, 2.24) is 0 Å². The molecular formula is C11H10O4. The maximum Gasteiger partial charge on any atom is 0.161 e. The van der Waals surface area contributed by atoms with E-state index in [0.717, 1.165) is 0 Å². The first-order chi connectivity index (χ1) is 6.96. The quantitative estimate of drug-likeness (QED) is 0.520. The largest absolute Gasteiger partial charge is 0.298 e. The van der Waals surface area contributed by atoms with Crippen LogP contribution in [0.5, 0.6) is 0 Å². The van der Waals surface area contributed by atoms with Gasteiger partial charge in [0.15, 0.2) is 23.1 Å². The van der Waals surface area contributed by atoms with Crippen molar-refractivity contribution in [1.29, 1.82) is 0 Å². The van der Waals surface area contributed by atoms with E-state index in [4.69, 9.17) is 0 Å². The standard InChI is InChI=1S/C11H10O4/c1-11-2-4-7(12)5(3-11)9(14)6(8(4)13)10(11)15/h4-6H,2-3H2,1H3. The molecule has 4 rings (SSSR count). The molecule has 4 fully saturated rings. The molecule has 0 aromatic heterocycles. The molecular weight excluding hydrogens is 196 g/mol. The van der Waals surface area contributed by atoms with Gasteiger partial charge in [0.1, 0.15) is 5.92 Å². The lowest BCUT2D eigenvalue weighted by Crippen LogP contribution is -2.65. The molecule has 4 bridgehead atoms. The highest BCUT2D eigenvalue weighted by molar-refractivity contribution is 6.35. The number of hydrogen-bond acceptors (Lipinski definition) is 4. The van der Waals surface area contributed by atoms with E-state index in [0.29, 0.717) is 12.8 Å². The molecule has 0 aromatic carbocycles. The van der Waals surface area contributed by atoms with E-state index in [1.165, 1.54) is 0 Å². The zero-order valence-electron chi connectivity index (χ0n) is 8.28. The van der Waals surface area contributed by atoms with Crippen molar-refractivity contribution in [2.75, 3.05) is 0 Å². The molecule has 0 heterocycles. The number of carbonyl (C=O) groups is 4. The molecule has 4 heteroatoms. The average molecular weight is 206 g/mol. The summed E-state index contributed by atoms with van der Waals surface area (Å²) in [5, 5.41) is 0. The van der Waals surface area contributed by atoms with Crippen LogP contribution in [0.4, 0.5) is 0 Å². The molecule has 0 N–H and O–H groups in total. The molecule has 78 valence electrons. The highest BCUT2D eigenvalue weighted by Gasteiger charge is 2.66. The Kier molecular flexibility index (Phi) is 1.35. The van der Waals surface area contributed by atoms with Gasteiger partial charge in [-0.3, -0.25) is 19.2 Å². The molecule has 4 saturated carbocycles. The van der Waals surface area contributed by atoms with Gasteiger partial charge in [0.2, 0.25) is 0 Å². The lowest BCUT2D eigenvalue weighted by molar-refractivity contribution is -0.170. The van der Waals surface area contributed by atoms with E-state index >= 15 is 0 Å². The number of ketones is 4. The predicted molar refractivity (Wildman–Crippen MR) is 47.8 cm³/mol. The molecule has 0 aliphatic heterocycles.